The third kappa shape index (κ3) is 3.39. The van der Waals surface area contributed by atoms with Crippen molar-refractivity contribution in [2.75, 3.05) is 6.54 Å². The highest BCUT2D eigenvalue weighted by atomic mass is 19.1. The van der Waals surface area contributed by atoms with Crippen LogP contribution in [0.15, 0.2) is 30.5 Å². The number of nitrogens with one attached hydrogen (secondary N) is 3. The molecule has 0 bridgehead atoms. The van der Waals surface area contributed by atoms with Crippen molar-refractivity contribution in [3.8, 4) is 5.69 Å². The van der Waals surface area contributed by atoms with E-state index in [2.05, 4.69) is 26.1 Å². The maximum Gasteiger partial charge on any atom is 0.322 e. The van der Waals surface area contributed by atoms with Crippen LogP contribution in [-0.4, -0.2) is 44.9 Å². The smallest absolute Gasteiger partial charge is 0.322 e. The van der Waals surface area contributed by atoms with Crippen LogP contribution in [0.2, 0.25) is 0 Å². The molecule has 3 N–H and O–H groups in total. The molecule has 1 aliphatic rings. The van der Waals surface area contributed by atoms with Gasteiger partial charge in [0.25, 0.3) is 11.8 Å². The molecular weight excluding hydrogens is 343 g/mol. The average Bonchev–Trinajstić information content (AvgIpc) is 3.19. The van der Waals surface area contributed by atoms with E-state index in [1.165, 1.54) is 35.3 Å². The summed E-state index contributed by atoms with van der Waals surface area (Å²) >= 11 is 0. The lowest BCUT2D eigenvalue weighted by molar-refractivity contribution is -0.124. The zero-order valence-corrected chi connectivity index (χ0v) is 14.0. The van der Waals surface area contributed by atoms with E-state index in [0.29, 0.717) is 18.5 Å². The molecular formula is C16H17FN6O3. The van der Waals surface area contributed by atoms with Crippen molar-refractivity contribution in [2.45, 2.75) is 25.3 Å². The highest BCUT2D eigenvalue weighted by Gasteiger charge is 2.45. The summed E-state index contributed by atoms with van der Waals surface area (Å²) in [5, 5.41) is 15.4. The SMILES string of the molecule is CCCC1(CNC(=O)c2cnn(-c3ccc(F)cc3)n2)NC(=O)NC1=O. The summed E-state index contributed by atoms with van der Waals surface area (Å²) < 4.78 is 13.0. The highest BCUT2D eigenvalue weighted by Crippen LogP contribution is 2.17. The maximum absolute atomic E-state index is 13.0. The Morgan fingerprint density at radius 2 is 2.04 bits per heavy atom. The van der Waals surface area contributed by atoms with Crippen LogP contribution in [0.3, 0.4) is 0 Å². The molecule has 4 amide bonds. The predicted molar refractivity (Wildman–Crippen MR) is 88.0 cm³/mol. The minimum absolute atomic E-state index is 0.0331. The third-order valence-corrected chi connectivity index (χ3v) is 4.02. The Balaban J connectivity index is 1.69. The van der Waals surface area contributed by atoms with Crippen LogP contribution in [0.1, 0.15) is 30.3 Å². The summed E-state index contributed by atoms with van der Waals surface area (Å²) in [6, 6.07) is 4.89. The Morgan fingerprint density at radius 3 is 2.65 bits per heavy atom. The van der Waals surface area contributed by atoms with Crippen LogP contribution in [0.4, 0.5) is 9.18 Å². The number of imide groups is 1. The molecule has 1 aromatic carbocycles. The first-order valence-electron chi connectivity index (χ1n) is 8.03. The summed E-state index contributed by atoms with van der Waals surface area (Å²) in [5.74, 6) is -1.40. The van der Waals surface area contributed by atoms with Gasteiger partial charge < -0.3 is 10.6 Å². The molecule has 0 spiro atoms. The molecule has 1 atom stereocenters. The van der Waals surface area contributed by atoms with Gasteiger partial charge >= 0.3 is 6.03 Å². The molecule has 1 saturated heterocycles. The molecule has 2 aromatic rings. The molecule has 1 aliphatic heterocycles. The quantitative estimate of drug-likeness (QED) is 0.649. The van der Waals surface area contributed by atoms with Crippen LogP contribution in [-0.2, 0) is 4.79 Å². The standard InChI is InChI=1S/C16H17FN6O3/c1-2-7-16(14(25)20-15(26)21-16)9-18-13(24)12-8-19-23(22-12)11-5-3-10(17)4-6-11/h3-6,8H,2,7,9H2,1H3,(H,18,24)(H2,20,21,25,26). The molecule has 2 heterocycles. The van der Waals surface area contributed by atoms with Gasteiger partial charge in [-0.3, -0.25) is 14.9 Å². The lowest BCUT2D eigenvalue weighted by Gasteiger charge is -2.25. The van der Waals surface area contributed by atoms with Gasteiger partial charge in [0.2, 0.25) is 0 Å². The molecule has 1 fully saturated rings. The second kappa shape index (κ2) is 6.90. The van der Waals surface area contributed by atoms with Crippen LogP contribution < -0.4 is 16.0 Å². The second-order valence-electron chi connectivity index (χ2n) is 5.92. The zero-order chi connectivity index (χ0) is 18.7. The van der Waals surface area contributed by atoms with E-state index < -0.39 is 29.2 Å². The van der Waals surface area contributed by atoms with Gasteiger partial charge in [0.05, 0.1) is 18.4 Å². The summed E-state index contributed by atoms with van der Waals surface area (Å²) in [5.41, 5.74) is -0.643. The minimum Gasteiger partial charge on any atom is -0.348 e. The largest absolute Gasteiger partial charge is 0.348 e. The fourth-order valence-electron chi connectivity index (χ4n) is 2.73. The zero-order valence-electron chi connectivity index (χ0n) is 14.0. The molecule has 0 radical (unpaired) electrons. The predicted octanol–water partition coefficient (Wildman–Crippen LogP) is 0.514. The first kappa shape index (κ1) is 17.5. The number of nitrogens with zero attached hydrogens (tertiary/aromatic N) is 3. The summed E-state index contributed by atoms with van der Waals surface area (Å²) in [7, 11) is 0. The van der Waals surface area contributed by atoms with Gasteiger partial charge in [-0.25, -0.2) is 9.18 Å². The number of hydrogen-bond acceptors (Lipinski definition) is 5. The lowest BCUT2D eigenvalue weighted by atomic mass is 9.94. The molecule has 10 heteroatoms. The van der Waals surface area contributed by atoms with Gasteiger partial charge in [0.15, 0.2) is 5.69 Å². The highest BCUT2D eigenvalue weighted by molar-refractivity contribution is 6.07. The van der Waals surface area contributed by atoms with Crippen LogP contribution in [0, 0.1) is 5.82 Å². The Labute approximate surface area is 147 Å². The number of urea groups is 1. The van der Waals surface area contributed by atoms with Gasteiger partial charge in [-0.15, -0.1) is 5.10 Å². The van der Waals surface area contributed by atoms with Crippen molar-refractivity contribution in [1.82, 2.24) is 30.9 Å². The fourth-order valence-corrected chi connectivity index (χ4v) is 2.73. The molecule has 3 rings (SSSR count). The molecule has 0 aliphatic carbocycles. The van der Waals surface area contributed by atoms with Gasteiger partial charge in [-0.2, -0.15) is 9.90 Å². The number of aromatic nitrogens is 3. The Morgan fingerprint density at radius 1 is 1.31 bits per heavy atom. The molecule has 26 heavy (non-hydrogen) atoms. The van der Waals surface area contributed by atoms with Gasteiger partial charge in [-0.1, -0.05) is 13.3 Å². The van der Waals surface area contributed by atoms with Crippen molar-refractivity contribution < 1.29 is 18.8 Å². The summed E-state index contributed by atoms with van der Waals surface area (Å²) in [6.45, 7) is 1.80. The third-order valence-electron chi connectivity index (χ3n) is 4.02. The van der Waals surface area contributed by atoms with Gasteiger partial charge in [0.1, 0.15) is 11.4 Å². The van der Waals surface area contributed by atoms with E-state index >= 15 is 0 Å². The first-order chi connectivity index (χ1) is 12.4. The summed E-state index contributed by atoms with van der Waals surface area (Å²) in [6.07, 6.45) is 2.29. The van der Waals surface area contributed by atoms with Crippen LogP contribution in [0.5, 0.6) is 0 Å². The van der Waals surface area contributed by atoms with Crippen LogP contribution >= 0.6 is 0 Å². The minimum atomic E-state index is -1.17. The number of amides is 4. The lowest BCUT2D eigenvalue weighted by Crippen LogP contribution is -2.55. The molecule has 136 valence electrons. The van der Waals surface area contributed by atoms with E-state index in [1.54, 1.807) is 0 Å². The Hall–Kier alpha value is -3.30. The Kier molecular flexibility index (Phi) is 4.65. The number of halogens is 1. The maximum atomic E-state index is 13.0. The van der Waals surface area contributed by atoms with Crippen molar-refractivity contribution in [3.63, 3.8) is 0 Å². The average molecular weight is 360 g/mol. The molecule has 1 unspecified atom stereocenters. The number of carbonyl (C=O) groups is 3. The van der Waals surface area contributed by atoms with E-state index in [-0.39, 0.29) is 12.2 Å². The van der Waals surface area contributed by atoms with Crippen molar-refractivity contribution in [2.24, 2.45) is 0 Å². The van der Waals surface area contributed by atoms with Crippen molar-refractivity contribution in [1.29, 1.82) is 0 Å². The number of benzene rings is 1. The number of rotatable bonds is 6. The van der Waals surface area contributed by atoms with E-state index in [4.69, 9.17) is 0 Å². The number of carbonyl (C=O) groups excluding carboxylic acids is 3. The van der Waals surface area contributed by atoms with Crippen LogP contribution in [0.25, 0.3) is 5.69 Å². The van der Waals surface area contributed by atoms with Crippen molar-refractivity contribution in [3.05, 3.63) is 42.0 Å². The first-order valence-corrected chi connectivity index (χ1v) is 8.03. The topological polar surface area (TPSA) is 118 Å². The van der Waals surface area contributed by atoms with Crippen molar-refractivity contribution >= 4 is 17.8 Å². The van der Waals surface area contributed by atoms with E-state index in [0.717, 1.165) is 0 Å². The Bertz CT molecular complexity index is 850. The molecule has 1 aromatic heterocycles. The van der Waals surface area contributed by atoms with E-state index in [9.17, 15) is 18.8 Å². The second-order valence-corrected chi connectivity index (χ2v) is 5.92. The monoisotopic (exact) mass is 360 g/mol. The molecule has 9 nitrogen and oxygen atoms in total. The van der Waals surface area contributed by atoms with Gasteiger partial charge in [0, 0.05) is 0 Å². The van der Waals surface area contributed by atoms with E-state index in [1.807, 2.05) is 6.92 Å². The number of hydrogen-bond donors (Lipinski definition) is 3. The van der Waals surface area contributed by atoms with Gasteiger partial charge in [-0.05, 0) is 30.7 Å². The normalized spacial score (nSPS) is 19.2. The summed E-state index contributed by atoms with van der Waals surface area (Å²) in [4.78, 5) is 37.0. The fraction of sp³-hybridized carbons (Fsp3) is 0.312. The molecule has 0 saturated carbocycles.